The minimum atomic E-state index is -0.584. The van der Waals surface area contributed by atoms with Crippen LogP contribution in [0.2, 0.25) is 0 Å². The first kappa shape index (κ1) is 9.63. The maximum atomic E-state index is 10.5. The molecule has 0 rings (SSSR count). The van der Waals surface area contributed by atoms with Gasteiger partial charge in [0.2, 0.25) is 0 Å². The van der Waals surface area contributed by atoms with Crippen molar-refractivity contribution < 1.29 is 4.21 Å². The molecule has 3 heteroatoms. The third-order valence-corrected chi connectivity index (χ3v) is 2.49. The van der Waals surface area contributed by atoms with E-state index in [9.17, 15) is 4.21 Å². The number of halogens is 1. The Hall–Kier alpha value is 0.630. The number of hydrogen-bond acceptors (Lipinski definition) is 1. The molecule has 0 saturated heterocycles. The van der Waals surface area contributed by atoms with Gasteiger partial charge in [0, 0.05) is 28.1 Å². The molecule has 0 bridgehead atoms. The van der Waals surface area contributed by atoms with Gasteiger partial charge in [0.05, 0.1) is 0 Å². The first-order chi connectivity index (χ1) is 4.27. The molecule has 0 heterocycles. The number of alkyl halides is 1. The van der Waals surface area contributed by atoms with E-state index < -0.39 is 10.8 Å². The average molecular weight is 213 g/mol. The van der Waals surface area contributed by atoms with E-state index in [-0.39, 0.29) is 0 Å². The van der Waals surface area contributed by atoms with E-state index in [1.165, 1.54) is 12.8 Å². The fourth-order valence-electron chi connectivity index (χ4n) is 0.577. The molecule has 0 amide bonds. The standard InChI is InChI=1S/C6H13BrOS/c1-9(8)6-4-2-3-5-7/h2-6H2,1H3. The summed E-state index contributed by atoms with van der Waals surface area (Å²) in [7, 11) is -0.584. The van der Waals surface area contributed by atoms with Gasteiger partial charge >= 0.3 is 0 Å². The summed E-state index contributed by atoms with van der Waals surface area (Å²) in [4.78, 5) is 0. The number of hydrogen-bond donors (Lipinski definition) is 0. The smallest absolute Gasteiger partial charge is 0.0232 e. The second kappa shape index (κ2) is 6.75. The zero-order valence-corrected chi connectivity index (χ0v) is 8.13. The molecule has 0 radical (unpaired) electrons. The van der Waals surface area contributed by atoms with Crippen LogP contribution in [0.5, 0.6) is 0 Å². The lowest BCUT2D eigenvalue weighted by atomic mass is 10.3. The fourth-order valence-corrected chi connectivity index (χ4v) is 1.58. The van der Waals surface area contributed by atoms with Crippen LogP contribution in [0.4, 0.5) is 0 Å². The van der Waals surface area contributed by atoms with E-state index in [1.54, 1.807) is 6.26 Å². The van der Waals surface area contributed by atoms with Gasteiger partial charge in [0.1, 0.15) is 0 Å². The zero-order valence-electron chi connectivity index (χ0n) is 5.73. The molecular weight excluding hydrogens is 200 g/mol. The summed E-state index contributed by atoms with van der Waals surface area (Å²) in [6.45, 7) is 0. The van der Waals surface area contributed by atoms with E-state index in [4.69, 9.17) is 0 Å². The minimum absolute atomic E-state index is 0.584. The van der Waals surface area contributed by atoms with Gasteiger partial charge in [0.25, 0.3) is 0 Å². The van der Waals surface area contributed by atoms with Crippen molar-refractivity contribution >= 4 is 26.7 Å². The van der Waals surface area contributed by atoms with E-state index >= 15 is 0 Å². The van der Waals surface area contributed by atoms with Crippen LogP contribution in [-0.2, 0) is 10.8 Å². The Morgan fingerprint density at radius 3 is 2.44 bits per heavy atom. The van der Waals surface area contributed by atoms with Crippen LogP contribution in [0.25, 0.3) is 0 Å². The SMILES string of the molecule is CS(=O)CCCCCBr. The Bertz CT molecular complexity index is 85.1. The zero-order chi connectivity index (χ0) is 7.11. The molecule has 1 atom stereocenters. The molecule has 0 spiro atoms. The first-order valence-electron chi connectivity index (χ1n) is 3.13. The highest BCUT2D eigenvalue weighted by Crippen LogP contribution is 1.98. The largest absolute Gasteiger partial charge is 0.260 e. The lowest BCUT2D eigenvalue weighted by Gasteiger charge is -1.93. The second-order valence-electron chi connectivity index (χ2n) is 2.03. The highest BCUT2D eigenvalue weighted by molar-refractivity contribution is 9.09. The summed E-state index contributed by atoms with van der Waals surface area (Å²) in [5.41, 5.74) is 0. The first-order valence-corrected chi connectivity index (χ1v) is 5.98. The molecule has 0 aliphatic heterocycles. The molecule has 0 saturated carbocycles. The highest BCUT2D eigenvalue weighted by Gasteiger charge is 1.90. The van der Waals surface area contributed by atoms with Gasteiger partial charge < -0.3 is 0 Å². The van der Waals surface area contributed by atoms with E-state index in [0.717, 1.165) is 17.5 Å². The molecular formula is C6H13BrOS. The molecule has 9 heavy (non-hydrogen) atoms. The van der Waals surface area contributed by atoms with E-state index in [2.05, 4.69) is 15.9 Å². The van der Waals surface area contributed by atoms with Gasteiger partial charge in [0.15, 0.2) is 0 Å². The van der Waals surface area contributed by atoms with E-state index in [1.807, 2.05) is 0 Å². The minimum Gasteiger partial charge on any atom is -0.260 e. The Kier molecular flexibility index (Phi) is 7.22. The quantitative estimate of drug-likeness (QED) is 0.503. The molecule has 0 fully saturated rings. The van der Waals surface area contributed by atoms with Gasteiger partial charge in [-0.05, 0) is 12.8 Å². The lowest BCUT2D eigenvalue weighted by Crippen LogP contribution is -1.93. The van der Waals surface area contributed by atoms with Crippen molar-refractivity contribution in [3.63, 3.8) is 0 Å². The van der Waals surface area contributed by atoms with Crippen molar-refractivity contribution in [1.29, 1.82) is 0 Å². The number of rotatable bonds is 5. The van der Waals surface area contributed by atoms with Crippen molar-refractivity contribution in [1.82, 2.24) is 0 Å². The van der Waals surface area contributed by atoms with Crippen molar-refractivity contribution in [2.45, 2.75) is 19.3 Å². The monoisotopic (exact) mass is 212 g/mol. The average Bonchev–Trinajstić information content (AvgIpc) is 1.80. The molecule has 0 aromatic carbocycles. The number of unbranched alkanes of at least 4 members (excludes halogenated alkanes) is 2. The molecule has 0 N–H and O–H groups in total. The third kappa shape index (κ3) is 8.63. The molecule has 56 valence electrons. The lowest BCUT2D eigenvalue weighted by molar-refractivity contribution is 0.680. The van der Waals surface area contributed by atoms with Crippen LogP contribution in [0.3, 0.4) is 0 Å². The molecule has 1 unspecified atom stereocenters. The Balaban J connectivity index is 2.83. The summed E-state index contributed by atoms with van der Waals surface area (Å²) < 4.78 is 10.5. The van der Waals surface area contributed by atoms with Gasteiger partial charge in [-0.15, -0.1) is 0 Å². The molecule has 0 aromatic rings. The normalized spacial score (nSPS) is 13.6. The molecule has 0 aliphatic carbocycles. The molecule has 0 aromatic heterocycles. The Morgan fingerprint density at radius 2 is 2.00 bits per heavy atom. The highest BCUT2D eigenvalue weighted by atomic mass is 79.9. The van der Waals surface area contributed by atoms with Crippen molar-refractivity contribution in [3.8, 4) is 0 Å². The van der Waals surface area contributed by atoms with Gasteiger partial charge in [-0.2, -0.15) is 0 Å². The molecule has 0 aliphatic rings. The predicted octanol–water partition coefficient (Wildman–Crippen LogP) is 1.93. The summed E-state index contributed by atoms with van der Waals surface area (Å²) in [6.07, 6.45) is 5.27. The van der Waals surface area contributed by atoms with Gasteiger partial charge in [-0.25, -0.2) is 0 Å². The summed E-state index contributed by atoms with van der Waals surface area (Å²) in [5, 5.41) is 1.07. The fraction of sp³-hybridized carbons (Fsp3) is 1.00. The maximum Gasteiger partial charge on any atom is 0.0232 e. The topological polar surface area (TPSA) is 17.1 Å². The van der Waals surface area contributed by atoms with Gasteiger partial charge in [-0.1, -0.05) is 22.4 Å². The van der Waals surface area contributed by atoms with Crippen LogP contribution < -0.4 is 0 Å². The van der Waals surface area contributed by atoms with Crippen molar-refractivity contribution in [2.24, 2.45) is 0 Å². The maximum absolute atomic E-state index is 10.5. The van der Waals surface area contributed by atoms with Crippen LogP contribution in [-0.4, -0.2) is 21.5 Å². The van der Waals surface area contributed by atoms with Crippen LogP contribution in [0, 0.1) is 0 Å². The van der Waals surface area contributed by atoms with Crippen LogP contribution in [0.15, 0.2) is 0 Å². The summed E-state index contributed by atoms with van der Waals surface area (Å²) in [5.74, 6) is 0.868. The van der Waals surface area contributed by atoms with Crippen molar-refractivity contribution in [3.05, 3.63) is 0 Å². The van der Waals surface area contributed by atoms with Crippen LogP contribution >= 0.6 is 15.9 Å². The summed E-state index contributed by atoms with van der Waals surface area (Å²) in [6, 6.07) is 0. The van der Waals surface area contributed by atoms with Crippen molar-refractivity contribution in [2.75, 3.05) is 17.3 Å². The van der Waals surface area contributed by atoms with Crippen LogP contribution in [0.1, 0.15) is 19.3 Å². The Morgan fingerprint density at radius 1 is 1.33 bits per heavy atom. The Labute approximate surface area is 67.8 Å². The van der Waals surface area contributed by atoms with E-state index in [0.29, 0.717) is 0 Å². The predicted molar refractivity (Wildman–Crippen MR) is 46.6 cm³/mol. The summed E-state index contributed by atoms with van der Waals surface area (Å²) >= 11 is 3.34. The molecule has 1 nitrogen and oxygen atoms in total. The second-order valence-corrected chi connectivity index (χ2v) is 4.37. The third-order valence-electron chi connectivity index (χ3n) is 1.07. The van der Waals surface area contributed by atoms with Gasteiger partial charge in [-0.3, -0.25) is 4.21 Å².